The lowest BCUT2D eigenvalue weighted by Crippen LogP contribution is -2.58. The summed E-state index contributed by atoms with van der Waals surface area (Å²) in [4.78, 5) is 0. The molecule has 0 nitrogen and oxygen atoms in total. The Hall–Kier alpha value is 0. The van der Waals surface area contributed by atoms with E-state index in [4.69, 9.17) is 0 Å². The van der Waals surface area contributed by atoms with E-state index in [1.54, 1.807) is 32.1 Å². The normalized spacial score (nSPS) is 52.9. The van der Waals surface area contributed by atoms with Crippen molar-refractivity contribution in [3.05, 3.63) is 0 Å². The van der Waals surface area contributed by atoms with Crippen molar-refractivity contribution in [1.29, 1.82) is 0 Å². The first kappa shape index (κ1) is 17.4. The van der Waals surface area contributed by atoms with Crippen LogP contribution in [0.1, 0.15) is 99.3 Å². The molecule has 138 valence electrons. The molecular weight excluding hydrogens is 288 g/mol. The lowest BCUT2D eigenvalue weighted by molar-refractivity contribution is -0.163. The van der Waals surface area contributed by atoms with E-state index in [9.17, 15) is 0 Å². The van der Waals surface area contributed by atoms with Gasteiger partial charge in [-0.3, -0.25) is 0 Å². The second-order valence-corrected chi connectivity index (χ2v) is 11.5. The summed E-state index contributed by atoms with van der Waals surface area (Å²) in [5, 5.41) is 0. The van der Waals surface area contributed by atoms with Gasteiger partial charge in [0.1, 0.15) is 0 Å². The third-order valence-corrected chi connectivity index (χ3v) is 10.4. The van der Waals surface area contributed by atoms with Crippen molar-refractivity contribution >= 4 is 0 Å². The van der Waals surface area contributed by atoms with Gasteiger partial charge in [0.15, 0.2) is 0 Å². The maximum absolute atomic E-state index is 2.74. The second-order valence-electron chi connectivity index (χ2n) is 11.5. The largest absolute Gasteiger partial charge is 0.0651 e. The Labute approximate surface area is 151 Å². The summed E-state index contributed by atoms with van der Waals surface area (Å²) in [6, 6.07) is 0. The van der Waals surface area contributed by atoms with Crippen molar-refractivity contribution in [1.82, 2.24) is 0 Å². The monoisotopic (exact) mass is 330 g/mol. The van der Waals surface area contributed by atoms with E-state index in [0.29, 0.717) is 10.8 Å². The predicted octanol–water partition coefficient (Wildman–Crippen LogP) is 7.33. The third kappa shape index (κ3) is 2.23. The molecule has 0 aromatic rings. The number of hydrogen-bond donors (Lipinski definition) is 0. The number of hydrogen-bond acceptors (Lipinski definition) is 0. The summed E-state index contributed by atoms with van der Waals surface area (Å²) < 4.78 is 0. The van der Waals surface area contributed by atoms with E-state index in [2.05, 4.69) is 41.5 Å². The molecule has 4 unspecified atom stereocenters. The van der Waals surface area contributed by atoms with Crippen LogP contribution in [0, 0.1) is 51.8 Å². The summed E-state index contributed by atoms with van der Waals surface area (Å²) in [5.41, 5.74) is 2.05. The molecule has 0 radical (unpaired) electrons. The zero-order valence-electron chi connectivity index (χ0n) is 17.3. The van der Waals surface area contributed by atoms with Gasteiger partial charge in [0.05, 0.1) is 0 Å². The minimum Gasteiger partial charge on any atom is -0.0651 e. The van der Waals surface area contributed by atoms with Crippen LogP contribution in [-0.4, -0.2) is 0 Å². The van der Waals surface area contributed by atoms with Crippen molar-refractivity contribution in [2.45, 2.75) is 99.3 Å². The topological polar surface area (TPSA) is 0 Å². The second kappa shape index (κ2) is 5.50. The Balaban J connectivity index is 1.73. The molecule has 0 bridgehead atoms. The average molecular weight is 331 g/mol. The molecule has 4 aliphatic rings. The van der Waals surface area contributed by atoms with Crippen LogP contribution in [0.15, 0.2) is 0 Å². The Bertz CT molecular complexity index is 486. The molecule has 7 atom stereocenters. The van der Waals surface area contributed by atoms with E-state index < -0.39 is 0 Å². The molecule has 0 aromatic heterocycles. The molecule has 0 saturated heterocycles. The first-order valence-corrected chi connectivity index (χ1v) is 11.3. The van der Waals surface area contributed by atoms with Crippen LogP contribution in [0.5, 0.6) is 0 Å². The van der Waals surface area contributed by atoms with E-state index in [1.165, 1.54) is 25.7 Å². The Morgan fingerprint density at radius 3 is 2.29 bits per heavy atom. The van der Waals surface area contributed by atoms with Crippen LogP contribution in [0.4, 0.5) is 0 Å². The summed E-state index contributed by atoms with van der Waals surface area (Å²) >= 11 is 0. The van der Waals surface area contributed by atoms with Crippen LogP contribution < -0.4 is 0 Å². The molecule has 0 N–H and O–H groups in total. The minimum absolute atomic E-state index is 0.594. The van der Waals surface area contributed by atoms with E-state index in [0.717, 1.165) is 40.9 Å². The van der Waals surface area contributed by atoms with Crippen LogP contribution in [0.25, 0.3) is 0 Å². The quantitative estimate of drug-likeness (QED) is 0.497. The highest BCUT2D eigenvalue weighted by molar-refractivity contribution is 5.16. The SMILES string of the molecule is CCC1C2C(CC[C@]1(C)C(C)C)[C@@]1(C)CC[C@@H](C)CC1CC21CC1. The zero-order chi connectivity index (χ0) is 17.3. The van der Waals surface area contributed by atoms with Crippen molar-refractivity contribution < 1.29 is 0 Å². The first-order chi connectivity index (χ1) is 11.3. The van der Waals surface area contributed by atoms with Gasteiger partial charge >= 0.3 is 0 Å². The van der Waals surface area contributed by atoms with Gasteiger partial charge in [0.2, 0.25) is 0 Å². The predicted molar refractivity (Wildman–Crippen MR) is 104 cm³/mol. The van der Waals surface area contributed by atoms with Gasteiger partial charge in [0.25, 0.3) is 0 Å². The molecular formula is C24H42. The van der Waals surface area contributed by atoms with Gasteiger partial charge in [-0.15, -0.1) is 0 Å². The standard InChI is InChI=1S/C24H42/c1-7-19-21-20(9-11-22(19,5)16(2)3)23(6)10-8-17(4)14-18(23)15-24(21)12-13-24/h16-21H,7-15H2,1-6H3/t17-,18?,19?,20?,21?,22-,23+/m1/s1. The van der Waals surface area contributed by atoms with Crippen LogP contribution in [-0.2, 0) is 0 Å². The molecule has 24 heavy (non-hydrogen) atoms. The van der Waals surface area contributed by atoms with Gasteiger partial charge in [0, 0.05) is 0 Å². The maximum atomic E-state index is 2.74. The molecule has 0 heterocycles. The van der Waals surface area contributed by atoms with Crippen molar-refractivity contribution in [2.24, 2.45) is 51.8 Å². The molecule has 4 fully saturated rings. The average Bonchev–Trinajstić information content (AvgIpc) is 3.30. The van der Waals surface area contributed by atoms with Gasteiger partial charge in [-0.25, -0.2) is 0 Å². The summed E-state index contributed by atoms with van der Waals surface area (Å²) in [7, 11) is 0. The lowest BCUT2D eigenvalue weighted by atomic mass is 9.40. The fourth-order valence-corrected chi connectivity index (χ4v) is 8.32. The maximum Gasteiger partial charge on any atom is -0.0260 e. The molecule has 0 heteroatoms. The highest BCUT2D eigenvalue weighted by atomic mass is 14.7. The Kier molecular flexibility index (Phi) is 3.99. The van der Waals surface area contributed by atoms with E-state index in [-0.39, 0.29) is 0 Å². The molecule has 4 saturated carbocycles. The molecule has 1 spiro atoms. The zero-order valence-corrected chi connectivity index (χ0v) is 17.3. The Morgan fingerprint density at radius 1 is 1.00 bits per heavy atom. The minimum atomic E-state index is 0.594. The fourth-order valence-electron chi connectivity index (χ4n) is 8.32. The van der Waals surface area contributed by atoms with Crippen molar-refractivity contribution in [3.8, 4) is 0 Å². The highest BCUT2D eigenvalue weighted by Crippen LogP contribution is 2.75. The lowest BCUT2D eigenvalue weighted by Gasteiger charge is -2.65. The molecule has 0 aromatic carbocycles. The molecule has 4 aliphatic carbocycles. The van der Waals surface area contributed by atoms with Crippen LogP contribution in [0.2, 0.25) is 0 Å². The van der Waals surface area contributed by atoms with Crippen LogP contribution in [0.3, 0.4) is 0 Å². The third-order valence-electron chi connectivity index (χ3n) is 10.4. The van der Waals surface area contributed by atoms with E-state index in [1.807, 2.05) is 0 Å². The summed E-state index contributed by atoms with van der Waals surface area (Å²) in [6.07, 6.45) is 13.8. The summed E-state index contributed by atoms with van der Waals surface area (Å²) in [6.45, 7) is 15.5. The Morgan fingerprint density at radius 2 is 1.71 bits per heavy atom. The van der Waals surface area contributed by atoms with Gasteiger partial charge in [-0.2, -0.15) is 0 Å². The van der Waals surface area contributed by atoms with Gasteiger partial charge in [-0.05, 0) is 96.7 Å². The van der Waals surface area contributed by atoms with Crippen molar-refractivity contribution in [3.63, 3.8) is 0 Å². The molecule has 0 amide bonds. The van der Waals surface area contributed by atoms with E-state index >= 15 is 0 Å². The van der Waals surface area contributed by atoms with Crippen molar-refractivity contribution in [2.75, 3.05) is 0 Å². The smallest absolute Gasteiger partial charge is 0.0260 e. The molecule has 0 aliphatic heterocycles. The van der Waals surface area contributed by atoms with Crippen LogP contribution >= 0.6 is 0 Å². The fraction of sp³-hybridized carbons (Fsp3) is 1.00. The summed E-state index contributed by atoms with van der Waals surface area (Å²) in [5.74, 6) is 5.96. The highest BCUT2D eigenvalue weighted by Gasteiger charge is 2.67. The van der Waals surface area contributed by atoms with Gasteiger partial charge in [-0.1, -0.05) is 54.4 Å². The number of rotatable bonds is 2. The number of fused-ring (bicyclic) bond motifs is 4. The first-order valence-electron chi connectivity index (χ1n) is 11.3. The molecule has 4 rings (SSSR count). The van der Waals surface area contributed by atoms with Gasteiger partial charge < -0.3 is 0 Å².